The highest BCUT2D eigenvalue weighted by atomic mass is 16.5. The van der Waals surface area contributed by atoms with Crippen LogP contribution in [0, 0.1) is 6.92 Å². The average molecular weight is 292 g/mol. The molecule has 0 atom stereocenters. The van der Waals surface area contributed by atoms with Crippen molar-refractivity contribution in [3.8, 4) is 5.88 Å². The Kier molecular flexibility index (Phi) is 3.75. The molecule has 0 bridgehead atoms. The number of aromatic nitrogens is 3. The zero-order valence-electron chi connectivity index (χ0n) is 12.8. The van der Waals surface area contributed by atoms with Gasteiger partial charge in [-0.1, -0.05) is 17.6 Å². The molecule has 2 heterocycles. The number of aryl methyl sites for hydroxylation is 1. The van der Waals surface area contributed by atoms with Crippen molar-refractivity contribution in [1.29, 1.82) is 0 Å². The predicted octanol–water partition coefficient (Wildman–Crippen LogP) is 2.59. The van der Waals surface area contributed by atoms with Gasteiger partial charge >= 0.3 is 0 Å². The molecule has 0 saturated carbocycles. The normalized spacial score (nSPS) is 11.1. The molecule has 5 nitrogen and oxygen atoms in total. The average Bonchev–Trinajstić information content (AvgIpc) is 2.82. The third-order valence-electron chi connectivity index (χ3n) is 3.13. The lowest BCUT2D eigenvalue weighted by Gasteiger charge is -2.14. The van der Waals surface area contributed by atoms with Crippen LogP contribution in [0.1, 0.15) is 19.5 Å². The van der Waals surface area contributed by atoms with Crippen molar-refractivity contribution in [3.63, 3.8) is 0 Å². The standard InChI is InChI=1S/C16H17BN4O/c1-9(2)22-16-13-5-4-12(17)7-11(13)8-14(19-16)18-15-6-10(3)20-21-15/h4-9H,1-3H3,(H2,18,19,20,21). The van der Waals surface area contributed by atoms with E-state index in [0.717, 1.165) is 16.5 Å². The third kappa shape index (κ3) is 3.06. The molecule has 2 radical (unpaired) electrons. The fraction of sp³-hybridized carbons (Fsp3) is 0.250. The van der Waals surface area contributed by atoms with Crippen molar-refractivity contribution in [2.24, 2.45) is 0 Å². The van der Waals surface area contributed by atoms with E-state index in [1.165, 1.54) is 0 Å². The van der Waals surface area contributed by atoms with Gasteiger partial charge in [-0.15, -0.1) is 0 Å². The number of H-pyrrole nitrogens is 1. The first-order chi connectivity index (χ1) is 10.5. The minimum Gasteiger partial charge on any atom is -0.474 e. The van der Waals surface area contributed by atoms with Crippen LogP contribution in [0.5, 0.6) is 5.88 Å². The molecule has 0 saturated heterocycles. The summed E-state index contributed by atoms with van der Waals surface area (Å²) in [5.74, 6) is 1.96. The molecule has 110 valence electrons. The topological polar surface area (TPSA) is 62.8 Å². The second-order valence-corrected chi connectivity index (χ2v) is 5.52. The van der Waals surface area contributed by atoms with Crippen molar-refractivity contribution in [1.82, 2.24) is 15.2 Å². The smallest absolute Gasteiger partial charge is 0.223 e. The summed E-state index contributed by atoms with van der Waals surface area (Å²) in [5.41, 5.74) is 1.68. The van der Waals surface area contributed by atoms with Gasteiger partial charge in [0.05, 0.1) is 6.10 Å². The number of fused-ring (bicyclic) bond motifs is 1. The van der Waals surface area contributed by atoms with Crippen LogP contribution in [0.2, 0.25) is 0 Å². The number of nitrogens with one attached hydrogen (secondary N) is 2. The van der Waals surface area contributed by atoms with E-state index < -0.39 is 0 Å². The maximum Gasteiger partial charge on any atom is 0.223 e. The Bertz CT molecular complexity index is 813. The Morgan fingerprint density at radius 1 is 1.18 bits per heavy atom. The zero-order valence-corrected chi connectivity index (χ0v) is 12.8. The molecule has 2 aromatic heterocycles. The maximum atomic E-state index is 5.88. The SMILES string of the molecule is [B]c1ccc2c(OC(C)C)nc(Nc3cc(C)[nH]n3)cc2c1. The maximum absolute atomic E-state index is 5.88. The molecule has 0 unspecified atom stereocenters. The number of hydrogen-bond acceptors (Lipinski definition) is 4. The summed E-state index contributed by atoms with van der Waals surface area (Å²) in [6.07, 6.45) is 0.0381. The lowest BCUT2D eigenvalue weighted by molar-refractivity contribution is 0.236. The predicted molar refractivity (Wildman–Crippen MR) is 89.5 cm³/mol. The molecule has 6 heteroatoms. The van der Waals surface area contributed by atoms with Crippen LogP contribution in [0.25, 0.3) is 10.8 Å². The molecule has 1 aromatic carbocycles. The van der Waals surface area contributed by atoms with Crippen LogP contribution in [0.3, 0.4) is 0 Å². The number of pyridine rings is 1. The van der Waals surface area contributed by atoms with Gasteiger partial charge in [-0.2, -0.15) is 10.1 Å². The summed E-state index contributed by atoms with van der Waals surface area (Å²) in [4.78, 5) is 4.55. The van der Waals surface area contributed by atoms with Crippen LogP contribution < -0.4 is 15.5 Å². The van der Waals surface area contributed by atoms with Gasteiger partial charge in [0.25, 0.3) is 0 Å². The number of anilines is 2. The lowest BCUT2D eigenvalue weighted by atomic mass is 9.94. The Labute approximate surface area is 130 Å². The van der Waals surface area contributed by atoms with Crippen molar-refractivity contribution >= 4 is 35.7 Å². The van der Waals surface area contributed by atoms with Gasteiger partial charge in [0.15, 0.2) is 5.82 Å². The van der Waals surface area contributed by atoms with Crippen molar-refractivity contribution in [2.75, 3.05) is 5.32 Å². The van der Waals surface area contributed by atoms with Gasteiger partial charge in [0.2, 0.25) is 5.88 Å². The molecule has 3 aromatic rings. The van der Waals surface area contributed by atoms with Gasteiger partial charge in [-0.3, -0.25) is 5.10 Å². The van der Waals surface area contributed by atoms with Gasteiger partial charge in [0, 0.05) is 17.1 Å². The fourth-order valence-corrected chi connectivity index (χ4v) is 2.23. The summed E-state index contributed by atoms with van der Waals surface area (Å²) in [6, 6.07) is 9.53. The Hall–Kier alpha value is -2.50. The monoisotopic (exact) mass is 292 g/mol. The van der Waals surface area contributed by atoms with Gasteiger partial charge in [-0.05, 0) is 38.3 Å². The first-order valence-electron chi connectivity index (χ1n) is 7.17. The summed E-state index contributed by atoms with van der Waals surface area (Å²) in [7, 11) is 5.88. The van der Waals surface area contributed by atoms with E-state index in [4.69, 9.17) is 12.6 Å². The number of nitrogens with zero attached hydrogens (tertiary/aromatic N) is 2. The van der Waals surface area contributed by atoms with Gasteiger partial charge < -0.3 is 10.1 Å². The van der Waals surface area contributed by atoms with E-state index >= 15 is 0 Å². The molecule has 3 rings (SSSR count). The van der Waals surface area contributed by atoms with Crippen LogP contribution >= 0.6 is 0 Å². The van der Waals surface area contributed by atoms with E-state index in [1.807, 2.05) is 51.1 Å². The number of benzene rings is 1. The molecular weight excluding hydrogens is 275 g/mol. The second kappa shape index (κ2) is 5.71. The van der Waals surface area contributed by atoms with Crippen LogP contribution in [-0.4, -0.2) is 29.1 Å². The highest BCUT2D eigenvalue weighted by Gasteiger charge is 2.10. The van der Waals surface area contributed by atoms with E-state index in [1.54, 1.807) is 0 Å². The van der Waals surface area contributed by atoms with Crippen molar-refractivity contribution in [3.05, 3.63) is 36.0 Å². The Morgan fingerprint density at radius 3 is 2.68 bits per heavy atom. The van der Waals surface area contributed by atoms with Gasteiger partial charge in [-0.25, -0.2) is 0 Å². The number of rotatable bonds is 4. The Balaban J connectivity index is 2.06. The highest BCUT2D eigenvalue weighted by Crippen LogP contribution is 2.28. The molecule has 0 aliphatic heterocycles. The quantitative estimate of drug-likeness (QED) is 0.726. The van der Waals surface area contributed by atoms with E-state index in [-0.39, 0.29) is 6.10 Å². The lowest BCUT2D eigenvalue weighted by Crippen LogP contribution is -2.09. The summed E-state index contributed by atoms with van der Waals surface area (Å²) in [5, 5.41) is 12.1. The van der Waals surface area contributed by atoms with E-state index in [9.17, 15) is 0 Å². The molecule has 0 aliphatic rings. The van der Waals surface area contributed by atoms with Crippen LogP contribution in [-0.2, 0) is 0 Å². The first-order valence-corrected chi connectivity index (χ1v) is 7.17. The minimum atomic E-state index is 0.0381. The first kappa shape index (κ1) is 14.4. The summed E-state index contributed by atoms with van der Waals surface area (Å²) >= 11 is 0. The van der Waals surface area contributed by atoms with Crippen LogP contribution in [0.15, 0.2) is 30.3 Å². The molecule has 0 spiro atoms. The summed E-state index contributed by atoms with van der Waals surface area (Å²) in [6.45, 7) is 5.89. The fourth-order valence-electron chi connectivity index (χ4n) is 2.23. The van der Waals surface area contributed by atoms with Crippen LogP contribution in [0.4, 0.5) is 11.6 Å². The number of aromatic amines is 1. The molecule has 0 aliphatic carbocycles. The summed E-state index contributed by atoms with van der Waals surface area (Å²) < 4.78 is 5.83. The largest absolute Gasteiger partial charge is 0.474 e. The molecular formula is C16H17BN4O. The van der Waals surface area contributed by atoms with Gasteiger partial charge in [0.1, 0.15) is 13.7 Å². The third-order valence-corrected chi connectivity index (χ3v) is 3.13. The molecule has 2 N–H and O–H groups in total. The van der Waals surface area contributed by atoms with E-state index in [2.05, 4.69) is 20.5 Å². The second-order valence-electron chi connectivity index (χ2n) is 5.52. The minimum absolute atomic E-state index is 0.0381. The molecule has 22 heavy (non-hydrogen) atoms. The van der Waals surface area contributed by atoms with Crippen molar-refractivity contribution < 1.29 is 4.74 Å². The number of ether oxygens (including phenoxy) is 1. The Morgan fingerprint density at radius 2 is 2.00 bits per heavy atom. The van der Waals surface area contributed by atoms with E-state index in [0.29, 0.717) is 23.0 Å². The zero-order chi connectivity index (χ0) is 15.7. The molecule has 0 fully saturated rings. The number of hydrogen-bond donors (Lipinski definition) is 2. The van der Waals surface area contributed by atoms with Crippen molar-refractivity contribution in [2.45, 2.75) is 26.9 Å². The molecule has 0 amide bonds. The highest BCUT2D eigenvalue weighted by molar-refractivity contribution is 6.33.